The smallest absolute Gasteiger partial charge is 0.430 e. The van der Waals surface area contributed by atoms with E-state index in [1.165, 1.54) is 0 Å². The number of phenols is 1. The maximum atomic E-state index is 13.1. The molecular weight excluding hydrogens is 448 g/mol. The quantitative estimate of drug-likeness (QED) is 0.456. The third kappa shape index (κ3) is 5.20. The standard InChI is InChI=1S/C21H22ClF6NO2/c1-3-4-9-29(12-14-11-16(22)10-13(2)18(14)30)17-7-5-15(6-8-17)19(31,20(23,24)25)21(26,27)28/h5-8,10-11,30-31H,3-4,9,12H2,1-2H3. The number of aryl methyl sites for hydroxylation is 1. The van der Waals surface area contributed by atoms with E-state index >= 15 is 0 Å². The van der Waals surface area contributed by atoms with Gasteiger partial charge in [0.1, 0.15) is 5.75 Å². The van der Waals surface area contributed by atoms with Crippen molar-refractivity contribution in [3.05, 3.63) is 58.1 Å². The molecule has 0 spiro atoms. The van der Waals surface area contributed by atoms with Crippen molar-refractivity contribution in [2.24, 2.45) is 0 Å². The summed E-state index contributed by atoms with van der Waals surface area (Å²) in [5, 5.41) is 20.2. The lowest BCUT2D eigenvalue weighted by Crippen LogP contribution is -2.53. The fourth-order valence-corrected chi connectivity index (χ4v) is 3.48. The van der Waals surface area contributed by atoms with Crippen LogP contribution in [0.25, 0.3) is 0 Å². The van der Waals surface area contributed by atoms with Crippen LogP contribution < -0.4 is 4.90 Å². The Hall–Kier alpha value is -2.13. The Bertz CT molecular complexity index is 882. The van der Waals surface area contributed by atoms with Crippen LogP contribution in [-0.4, -0.2) is 29.1 Å². The van der Waals surface area contributed by atoms with Gasteiger partial charge in [-0.25, -0.2) is 0 Å². The summed E-state index contributed by atoms with van der Waals surface area (Å²) in [5.41, 5.74) is -4.97. The Morgan fingerprint density at radius 1 is 0.968 bits per heavy atom. The number of hydrogen-bond donors (Lipinski definition) is 2. The van der Waals surface area contributed by atoms with Gasteiger partial charge in [0, 0.05) is 34.9 Å². The van der Waals surface area contributed by atoms with Crippen LogP contribution in [0, 0.1) is 6.92 Å². The van der Waals surface area contributed by atoms with E-state index in [9.17, 15) is 36.6 Å². The Balaban J connectivity index is 2.44. The van der Waals surface area contributed by atoms with Gasteiger partial charge in [-0.2, -0.15) is 26.3 Å². The molecule has 0 heterocycles. The zero-order valence-corrected chi connectivity index (χ0v) is 17.5. The molecule has 2 N–H and O–H groups in total. The Kier molecular flexibility index (Phi) is 7.43. The molecule has 0 aliphatic rings. The molecule has 0 saturated carbocycles. The minimum atomic E-state index is -5.95. The van der Waals surface area contributed by atoms with Crippen LogP contribution in [0.2, 0.25) is 5.02 Å². The second-order valence-electron chi connectivity index (χ2n) is 7.26. The highest BCUT2D eigenvalue weighted by atomic mass is 35.5. The van der Waals surface area contributed by atoms with Crippen molar-refractivity contribution in [2.75, 3.05) is 11.4 Å². The fourth-order valence-electron chi connectivity index (χ4n) is 3.18. The lowest BCUT2D eigenvalue weighted by atomic mass is 9.92. The lowest BCUT2D eigenvalue weighted by molar-refractivity contribution is -0.376. The van der Waals surface area contributed by atoms with Crippen molar-refractivity contribution in [1.29, 1.82) is 0 Å². The number of anilines is 1. The molecule has 0 amide bonds. The lowest BCUT2D eigenvalue weighted by Gasteiger charge is -2.33. The first-order valence-corrected chi connectivity index (χ1v) is 9.79. The molecule has 0 aliphatic heterocycles. The highest BCUT2D eigenvalue weighted by molar-refractivity contribution is 6.30. The van der Waals surface area contributed by atoms with Crippen molar-refractivity contribution in [3.8, 4) is 5.75 Å². The van der Waals surface area contributed by atoms with Gasteiger partial charge in [0.15, 0.2) is 0 Å². The molecule has 0 bridgehead atoms. The van der Waals surface area contributed by atoms with E-state index < -0.39 is 23.5 Å². The molecule has 31 heavy (non-hydrogen) atoms. The average Bonchev–Trinajstić information content (AvgIpc) is 2.66. The SMILES string of the molecule is CCCCN(Cc1cc(Cl)cc(C)c1O)c1ccc(C(O)(C(F)(F)F)C(F)(F)F)cc1. The summed E-state index contributed by atoms with van der Waals surface area (Å²) in [6.45, 7) is 4.15. The maximum absolute atomic E-state index is 13.1. The van der Waals surface area contributed by atoms with Crippen molar-refractivity contribution in [1.82, 2.24) is 0 Å². The van der Waals surface area contributed by atoms with Crippen molar-refractivity contribution in [3.63, 3.8) is 0 Å². The number of phenolic OH excluding ortho intramolecular Hbond substituents is 1. The van der Waals surface area contributed by atoms with Crippen molar-refractivity contribution < 1.29 is 36.6 Å². The van der Waals surface area contributed by atoms with E-state index in [0.717, 1.165) is 18.6 Å². The summed E-state index contributed by atoms with van der Waals surface area (Å²) >= 11 is 6.04. The normalized spacial score (nSPS) is 12.8. The van der Waals surface area contributed by atoms with Crippen molar-refractivity contribution >= 4 is 17.3 Å². The highest BCUT2D eigenvalue weighted by Gasteiger charge is 2.71. The topological polar surface area (TPSA) is 43.7 Å². The summed E-state index contributed by atoms with van der Waals surface area (Å²) in [4.78, 5) is 1.71. The molecule has 0 fully saturated rings. The summed E-state index contributed by atoms with van der Waals surface area (Å²) < 4.78 is 78.6. The van der Waals surface area contributed by atoms with E-state index in [1.54, 1.807) is 24.0 Å². The molecule has 10 heteroatoms. The van der Waals surface area contributed by atoms with Crippen LogP contribution in [0.5, 0.6) is 5.75 Å². The second kappa shape index (κ2) is 9.16. The largest absolute Gasteiger partial charge is 0.507 e. The first-order chi connectivity index (χ1) is 14.2. The molecule has 0 saturated heterocycles. The van der Waals surface area contributed by atoms with Gasteiger partial charge in [-0.15, -0.1) is 0 Å². The number of aliphatic hydroxyl groups is 1. The molecule has 2 aromatic rings. The van der Waals surface area contributed by atoms with E-state index in [4.69, 9.17) is 11.6 Å². The van der Waals surface area contributed by atoms with Crippen LogP contribution in [0.1, 0.15) is 36.5 Å². The number of rotatable bonds is 7. The molecule has 0 unspecified atom stereocenters. The molecule has 3 nitrogen and oxygen atoms in total. The zero-order valence-electron chi connectivity index (χ0n) is 16.8. The summed E-state index contributed by atoms with van der Waals surface area (Å²) in [7, 11) is 0. The molecule has 2 aromatic carbocycles. The predicted octanol–water partition coefficient (Wildman–Crippen LogP) is 6.47. The maximum Gasteiger partial charge on any atom is 0.430 e. The van der Waals surface area contributed by atoms with Gasteiger partial charge in [-0.05, 0) is 43.2 Å². The summed E-state index contributed by atoms with van der Waals surface area (Å²) in [6, 6.07) is 6.50. The Labute approximate surface area is 180 Å². The number of alkyl halides is 6. The Morgan fingerprint density at radius 3 is 2.00 bits per heavy atom. The van der Waals surface area contributed by atoms with Gasteiger partial charge in [-0.1, -0.05) is 37.1 Å². The molecule has 0 radical (unpaired) electrons. The van der Waals surface area contributed by atoms with Gasteiger partial charge in [0.2, 0.25) is 0 Å². The zero-order chi connectivity index (χ0) is 23.6. The van der Waals surface area contributed by atoms with E-state index in [-0.39, 0.29) is 12.3 Å². The van der Waals surface area contributed by atoms with Crippen LogP contribution in [-0.2, 0) is 12.1 Å². The number of aromatic hydroxyl groups is 1. The molecule has 0 atom stereocenters. The van der Waals surface area contributed by atoms with Crippen LogP contribution in [0.15, 0.2) is 36.4 Å². The number of nitrogens with zero attached hydrogens (tertiary/aromatic N) is 1. The summed E-state index contributed by atoms with van der Waals surface area (Å²) in [6.07, 6.45) is -10.4. The van der Waals surface area contributed by atoms with Crippen LogP contribution in [0.4, 0.5) is 32.0 Å². The van der Waals surface area contributed by atoms with E-state index in [1.807, 2.05) is 6.92 Å². The van der Waals surface area contributed by atoms with Crippen LogP contribution in [0.3, 0.4) is 0 Å². The Morgan fingerprint density at radius 2 is 1.52 bits per heavy atom. The second-order valence-corrected chi connectivity index (χ2v) is 7.69. The monoisotopic (exact) mass is 469 g/mol. The molecule has 0 aliphatic carbocycles. The average molecular weight is 470 g/mol. The van der Waals surface area contributed by atoms with E-state index in [2.05, 4.69) is 0 Å². The molecule has 0 aromatic heterocycles. The number of unbranched alkanes of at least 4 members (excludes halogenated alkanes) is 1. The summed E-state index contributed by atoms with van der Waals surface area (Å²) in [5.74, 6) is 0.00559. The van der Waals surface area contributed by atoms with Gasteiger partial charge in [-0.3, -0.25) is 0 Å². The minimum absolute atomic E-state index is 0.00559. The third-order valence-electron chi connectivity index (χ3n) is 4.96. The first-order valence-electron chi connectivity index (χ1n) is 9.41. The fraction of sp³-hybridized carbons (Fsp3) is 0.429. The van der Waals surface area contributed by atoms with Gasteiger partial charge < -0.3 is 15.1 Å². The third-order valence-corrected chi connectivity index (χ3v) is 5.18. The highest BCUT2D eigenvalue weighted by Crippen LogP contribution is 2.50. The molecule has 172 valence electrons. The van der Waals surface area contributed by atoms with Gasteiger partial charge >= 0.3 is 12.4 Å². The number of halogens is 7. The van der Waals surface area contributed by atoms with Crippen molar-refractivity contribution in [2.45, 2.75) is 51.2 Å². The molecular formula is C21H22ClF6NO2. The van der Waals surface area contributed by atoms with Gasteiger partial charge in [0.25, 0.3) is 5.60 Å². The van der Waals surface area contributed by atoms with E-state index in [0.29, 0.717) is 46.9 Å². The van der Waals surface area contributed by atoms with Crippen LogP contribution >= 0.6 is 11.6 Å². The predicted molar refractivity (Wildman–Crippen MR) is 106 cm³/mol. The number of hydrogen-bond acceptors (Lipinski definition) is 3. The molecule has 2 rings (SSSR count). The first kappa shape index (κ1) is 25.1. The minimum Gasteiger partial charge on any atom is -0.507 e. The van der Waals surface area contributed by atoms with Gasteiger partial charge in [0.05, 0.1) is 0 Å². The number of benzene rings is 2.